The lowest BCUT2D eigenvalue weighted by atomic mass is 10.2. The number of amides is 2. The largest absolute Gasteiger partial charge is 0.339 e. The van der Waals surface area contributed by atoms with Crippen molar-refractivity contribution in [3.63, 3.8) is 0 Å². The lowest BCUT2D eigenvalue weighted by molar-refractivity contribution is -0.114. The van der Waals surface area contributed by atoms with Gasteiger partial charge >= 0.3 is 0 Å². The van der Waals surface area contributed by atoms with Gasteiger partial charge in [0.15, 0.2) is 11.5 Å². The second-order valence-electron chi connectivity index (χ2n) is 6.06. The molecule has 3 rings (SSSR count). The fraction of sp³-hybridized carbons (Fsp3) is 0.100. The number of halogens is 1. The van der Waals surface area contributed by atoms with E-state index in [0.29, 0.717) is 22.2 Å². The van der Waals surface area contributed by atoms with Gasteiger partial charge in [-0.05, 0) is 55.0 Å². The topological polar surface area (TPSA) is 96.0 Å². The van der Waals surface area contributed by atoms with Crippen molar-refractivity contribution in [3.8, 4) is 0 Å². The van der Waals surface area contributed by atoms with Crippen molar-refractivity contribution < 1.29 is 9.59 Å². The maximum atomic E-state index is 12.4. The molecule has 0 atom stereocenters. The summed E-state index contributed by atoms with van der Waals surface area (Å²) in [7, 11) is 0. The molecule has 1 heterocycles. The zero-order chi connectivity index (χ0) is 20.1. The van der Waals surface area contributed by atoms with Gasteiger partial charge in [0.05, 0.1) is 0 Å². The molecule has 0 aliphatic rings. The molecule has 3 aromatic rings. The lowest BCUT2D eigenvalue weighted by Crippen LogP contribution is -2.15. The summed E-state index contributed by atoms with van der Waals surface area (Å²) < 4.78 is 0. The molecule has 3 N–H and O–H groups in total. The molecule has 1 aromatic heterocycles. The van der Waals surface area contributed by atoms with Gasteiger partial charge in [0.1, 0.15) is 0 Å². The van der Waals surface area contributed by atoms with E-state index in [9.17, 15) is 9.59 Å². The molecule has 0 radical (unpaired) electrons. The normalized spacial score (nSPS) is 10.2. The molecule has 0 bridgehead atoms. The Balaban J connectivity index is 1.69. The third-order valence-electron chi connectivity index (χ3n) is 3.87. The zero-order valence-electron chi connectivity index (χ0n) is 15.3. The standard InChI is InChI=1S/C20H18ClN5O2/c1-12-16(21)7-4-8-17(12)24-20(28)18-9-10-19(26-25-18)23-15-6-3-5-14(11-15)22-13(2)27/h3-11H,1-2H3,(H,22,27)(H,23,26)(H,24,28). The SMILES string of the molecule is CC(=O)Nc1cccc(Nc2ccc(C(=O)Nc3cccc(Cl)c3C)nn2)c1. The Morgan fingerprint density at radius 3 is 2.39 bits per heavy atom. The Morgan fingerprint density at radius 2 is 1.68 bits per heavy atom. The predicted octanol–water partition coefficient (Wildman–Crippen LogP) is 4.39. The highest BCUT2D eigenvalue weighted by Gasteiger charge is 2.11. The minimum atomic E-state index is -0.378. The van der Waals surface area contributed by atoms with Crippen molar-refractivity contribution >= 4 is 46.3 Å². The van der Waals surface area contributed by atoms with Crippen LogP contribution in [0.15, 0.2) is 54.6 Å². The number of carbonyl (C=O) groups is 2. The van der Waals surface area contributed by atoms with Gasteiger partial charge in [-0.1, -0.05) is 23.7 Å². The minimum absolute atomic E-state index is 0.151. The van der Waals surface area contributed by atoms with Crippen LogP contribution in [0.3, 0.4) is 0 Å². The second-order valence-corrected chi connectivity index (χ2v) is 6.46. The molecule has 7 nitrogen and oxygen atoms in total. The number of benzene rings is 2. The summed E-state index contributed by atoms with van der Waals surface area (Å²) in [6, 6.07) is 15.7. The van der Waals surface area contributed by atoms with Crippen LogP contribution in [0.5, 0.6) is 0 Å². The molecule has 8 heteroatoms. The van der Waals surface area contributed by atoms with Gasteiger partial charge in [-0.25, -0.2) is 0 Å². The van der Waals surface area contributed by atoms with E-state index in [1.165, 1.54) is 6.92 Å². The van der Waals surface area contributed by atoms with Crippen molar-refractivity contribution in [1.82, 2.24) is 10.2 Å². The molecule has 0 saturated carbocycles. The predicted molar refractivity (Wildman–Crippen MR) is 110 cm³/mol. The summed E-state index contributed by atoms with van der Waals surface area (Å²) in [6.07, 6.45) is 0. The van der Waals surface area contributed by atoms with Gasteiger partial charge in [-0.3, -0.25) is 9.59 Å². The summed E-state index contributed by atoms with van der Waals surface area (Å²) >= 11 is 6.07. The van der Waals surface area contributed by atoms with E-state index in [4.69, 9.17) is 11.6 Å². The maximum Gasteiger partial charge on any atom is 0.276 e. The number of carbonyl (C=O) groups excluding carboxylic acids is 2. The molecule has 2 aromatic carbocycles. The van der Waals surface area contributed by atoms with Crippen LogP contribution in [0.25, 0.3) is 0 Å². The van der Waals surface area contributed by atoms with Crippen LogP contribution in [0.2, 0.25) is 5.02 Å². The van der Waals surface area contributed by atoms with E-state index >= 15 is 0 Å². The molecular weight excluding hydrogens is 378 g/mol. The Morgan fingerprint density at radius 1 is 0.929 bits per heavy atom. The number of hydrogen-bond acceptors (Lipinski definition) is 5. The van der Waals surface area contributed by atoms with Crippen LogP contribution in [0.4, 0.5) is 22.9 Å². The molecule has 0 spiro atoms. The third-order valence-corrected chi connectivity index (χ3v) is 4.28. The first-order chi connectivity index (χ1) is 13.4. The Kier molecular flexibility index (Phi) is 5.86. The van der Waals surface area contributed by atoms with Gasteiger partial charge in [-0.2, -0.15) is 0 Å². The minimum Gasteiger partial charge on any atom is -0.339 e. The van der Waals surface area contributed by atoms with E-state index in [1.54, 1.807) is 48.5 Å². The van der Waals surface area contributed by atoms with Crippen LogP contribution in [0.1, 0.15) is 23.0 Å². The average Bonchev–Trinajstić information content (AvgIpc) is 2.66. The maximum absolute atomic E-state index is 12.4. The fourth-order valence-electron chi connectivity index (χ4n) is 2.48. The number of aromatic nitrogens is 2. The van der Waals surface area contributed by atoms with Gasteiger partial charge < -0.3 is 16.0 Å². The van der Waals surface area contributed by atoms with E-state index in [2.05, 4.69) is 26.1 Å². The van der Waals surface area contributed by atoms with Gasteiger partial charge in [0.25, 0.3) is 5.91 Å². The van der Waals surface area contributed by atoms with Crippen LogP contribution in [-0.4, -0.2) is 22.0 Å². The monoisotopic (exact) mass is 395 g/mol. The van der Waals surface area contributed by atoms with Crippen molar-refractivity contribution in [2.24, 2.45) is 0 Å². The Hall–Kier alpha value is -3.45. The van der Waals surface area contributed by atoms with Crippen LogP contribution in [-0.2, 0) is 4.79 Å². The summed E-state index contributed by atoms with van der Waals surface area (Å²) in [5, 5.41) is 17.1. The number of anilines is 4. The fourth-order valence-corrected chi connectivity index (χ4v) is 2.65. The molecule has 142 valence electrons. The first-order valence-electron chi connectivity index (χ1n) is 8.47. The quantitative estimate of drug-likeness (QED) is 0.595. The van der Waals surface area contributed by atoms with Gasteiger partial charge in [0.2, 0.25) is 5.91 Å². The summed E-state index contributed by atoms with van der Waals surface area (Å²) in [4.78, 5) is 23.5. The molecule has 0 unspecified atom stereocenters. The number of rotatable bonds is 5. The molecule has 2 amide bonds. The highest BCUT2D eigenvalue weighted by atomic mass is 35.5. The van der Waals surface area contributed by atoms with E-state index < -0.39 is 0 Å². The molecular formula is C20H18ClN5O2. The lowest BCUT2D eigenvalue weighted by Gasteiger charge is -2.10. The third kappa shape index (κ3) is 4.83. The smallest absolute Gasteiger partial charge is 0.276 e. The van der Waals surface area contributed by atoms with E-state index in [-0.39, 0.29) is 17.5 Å². The average molecular weight is 396 g/mol. The number of nitrogens with zero attached hydrogens (tertiary/aromatic N) is 2. The van der Waals surface area contributed by atoms with Crippen LogP contribution < -0.4 is 16.0 Å². The van der Waals surface area contributed by atoms with Gasteiger partial charge in [0, 0.05) is 29.0 Å². The highest BCUT2D eigenvalue weighted by molar-refractivity contribution is 6.31. The molecule has 28 heavy (non-hydrogen) atoms. The molecule has 0 aliphatic heterocycles. The van der Waals surface area contributed by atoms with Crippen molar-refractivity contribution in [3.05, 3.63) is 70.9 Å². The first kappa shape index (κ1) is 19.3. The molecule has 0 saturated heterocycles. The second kappa shape index (κ2) is 8.49. The highest BCUT2D eigenvalue weighted by Crippen LogP contribution is 2.23. The Labute approximate surface area is 167 Å². The van der Waals surface area contributed by atoms with Gasteiger partial charge in [-0.15, -0.1) is 10.2 Å². The van der Waals surface area contributed by atoms with Crippen molar-refractivity contribution in [2.45, 2.75) is 13.8 Å². The van der Waals surface area contributed by atoms with Crippen LogP contribution >= 0.6 is 11.6 Å². The number of hydrogen-bond donors (Lipinski definition) is 3. The van der Waals surface area contributed by atoms with E-state index in [0.717, 1.165) is 11.3 Å². The summed E-state index contributed by atoms with van der Waals surface area (Å²) in [6.45, 7) is 3.27. The van der Waals surface area contributed by atoms with Crippen LogP contribution in [0, 0.1) is 6.92 Å². The van der Waals surface area contributed by atoms with Crippen molar-refractivity contribution in [1.29, 1.82) is 0 Å². The molecule has 0 fully saturated rings. The van der Waals surface area contributed by atoms with Crippen molar-refractivity contribution in [2.75, 3.05) is 16.0 Å². The van der Waals surface area contributed by atoms with E-state index in [1.807, 2.05) is 13.0 Å². The first-order valence-corrected chi connectivity index (χ1v) is 8.85. The molecule has 0 aliphatic carbocycles. The summed E-state index contributed by atoms with van der Waals surface area (Å²) in [5.74, 6) is -0.0604. The summed E-state index contributed by atoms with van der Waals surface area (Å²) in [5.41, 5.74) is 2.97. The Bertz CT molecular complexity index is 1020. The number of nitrogens with one attached hydrogen (secondary N) is 3. The zero-order valence-corrected chi connectivity index (χ0v) is 16.0.